The Kier molecular flexibility index (Phi) is 7.41. The predicted octanol–water partition coefficient (Wildman–Crippen LogP) is 13.6. The molecule has 12 rings (SSSR count). The fraction of sp³-hybridized carbons (Fsp3) is 0.0182. The molecule has 0 N–H and O–H groups in total. The number of imidazole rings is 1. The van der Waals surface area contributed by atoms with Crippen LogP contribution in [0.5, 0.6) is 11.5 Å². The summed E-state index contributed by atoms with van der Waals surface area (Å²) in [6, 6.07) is 75.3. The van der Waals surface area contributed by atoms with Crippen molar-refractivity contribution in [2.45, 2.75) is 5.41 Å². The van der Waals surface area contributed by atoms with Gasteiger partial charge in [0, 0.05) is 22.3 Å². The molecule has 0 saturated heterocycles. The van der Waals surface area contributed by atoms with E-state index in [2.05, 4.69) is 205 Å². The number of benzene rings is 8. The molecule has 1 spiro atoms. The Hall–Kier alpha value is -7.82. The van der Waals surface area contributed by atoms with Gasteiger partial charge in [0.05, 0.1) is 22.1 Å². The van der Waals surface area contributed by atoms with Crippen LogP contribution in [0.1, 0.15) is 22.3 Å². The Balaban J connectivity index is 1.01. The molecule has 10 aromatic rings. The topological polar surface area (TPSA) is 39.9 Å². The third-order valence-electron chi connectivity index (χ3n) is 12.1. The number of aromatic nitrogens is 3. The van der Waals surface area contributed by atoms with Gasteiger partial charge in [-0.05, 0) is 87.0 Å². The van der Waals surface area contributed by atoms with Crippen molar-refractivity contribution in [3.63, 3.8) is 0 Å². The molecule has 0 atom stereocenters. The van der Waals surface area contributed by atoms with Gasteiger partial charge in [-0.3, -0.25) is 4.57 Å². The molecular formula is C55H35N3O. The second-order valence-corrected chi connectivity index (χ2v) is 15.3. The summed E-state index contributed by atoms with van der Waals surface area (Å²) in [6.07, 6.45) is 0. The predicted molar refractivity (Wildman–Crippen MR) is 238 cm³/mol. The molecule has 0 saturated carbocycles. The van der Waals surface area contributed by atoms with Gasteiger partial charge in [-0.25, -0.2) is 9.97 Å². The van der Waals surface area contributed by atoms with Gasteiger partial charge < -0.3 is 4.74 Å². The summed E-state index contributed by atoms with van der Waals surface area (Å²) in [5.41, 5.74) is 16.3. The lowest BCUT2D eigenvalue weighted by molar-refractivity contribution is 0.436. The van der Waals surface area contributed by atoms with E-state index in [0.717, 1.165) is 84.4 Å². The number of fused-ring (bicyclic) bond motifs is 10. The highest BCUT2D eigenvalue weighted by Gasteiger charge is 2.51. The third kappa shape index (κ3) is 5.10. The standard InChI is InChI=1S/C55H35N3O/c1-3-15-36(16-4-1)41-34-49(38-17-5-2-6-18-38)56-53(35-41)58-50-24-12-11-23-48(50)57-54(58)39-29-27-37(28-30-39)40-31-32-43-42-19-7-8-20-44(42)55(47(43)33-40)45-21-9-13-25-51(45)59-52-26-14-10-22-46(52)55/h1-35H. The van der Waals surface area contributed by atoms with E-state index in [1.165, 1.54) is 22.3 Å². The molecule has 0 radical (unpaired) electrons. The second kappa shape index (κ2) is 13.1. The van der Waals surface area contributed by atoms with Crippen LogP contribution in [0.4, 0.5) is 0 Å². The molecule has 1 aliphatic carbocycles. The van der Waals surface area contributed by atoms with Crippen molar-refractivity contribution in [2.24, 2.45) is 0 Å². The van der Waals surface area contributed by atoms with Gasteiger partial charge in [0.25, 0.3) is 0 Å². The first-order valence-corrected chi connectivity index (χ1v) is 20.1. The number of nitrogens with zero attached hydrogens (tertiary/aromatic N) is 3. The van der Waals surface area contributed by atoms with Gasteiger partial charge in [0.15, 0.2) is 0 Å². The Labute approximate surface area is 342 Å². The highest BCUT2D eigenvalue weighted by molar-refractivity contribution is 5.91. The highest BCUT2D eigenvalue weighted by atomic mass is 16.5. The van der Waals surface area contributed by atoms with Gasteiger partial charge >= 0.3 is 0 Å². The minimum absolute atomic E-state index is 0.516. The Morgan fingerprint density at radius 1 is 0.373 bits per heavy atom. The molecule has 3 heterocycles. The van der Waals surface area contributed by atoms with E-state index in [9.17, 15) is 0 Å². The molecule has 2 aromatic heterocycles. The van der Waals surface area contributed by atoms with Gasteiger partial charge in [-0.2, -0.15) is 0 Å². The zero-order chi connectivity index (χ0) is 38.9. The molecule has 1 aliphatic heterocycles. The van der Waals surface area contributed by atoms with Crippen molar-refractivity contribution in [1.29, 1.82) is 0 Å². The van der Waals surface area contributed by atoms with Gasteiger partial charge in [0.1, 0.15) is 23.1 Å². The molecule has 0 amide bonds. The van der Waals surface area contributed by atoms with E-state index >= 15 is 0 Å². The van der Waals surface area contributed by atoms with Crippen LogP contribution < -0.4 is 4.74 Å². The van der Waals surface area contributed by atoms with Crippen molar-refractivity contribution < 1.29 is 4.74 Å². The maximum atomic E-state index is 6.57. The maximum absolute atomic E-state index is 6.57. The Bertz CT molecular complexity index is 3140. The summed E-state index contributed by atoms with van der Waals surface area (Å²) in [7, 11) is 0. The largest absolute Gasteiger partial charge is 0.457 e. The lowest BCUT2D eigenvalue weighted by Crippen LogP contribution is -2.32. The molecule has 0 fully saturated rings. The van der Waals surface area contributed by atoms with Crippen molar-refractivity contribution in [2.75, 3.05) is 0 Å². The molecule has 4 heteroatoms. The highest BCUT2D eigenvalue weighted by Crippen LogP contribution is 2.62. The van der Waals surface area contributed by atoms with Crippen LogP contribution in [0.2, 0.25) is 0 Å². The van der Waals surface area contributed by atoms with Crippen LogP contribution >= 0.6 is 0 Å². The Morgan fingerprint density at radius 3 is 1.68 bits per heavy atom. The molecule has 276 valence electrons. The second-order valence-electron chi connectivity index (χ2n) is 15.3. The molecule has 0 bridgehead atoms. The van der Waals surface area contributed by atoms with Crippen LogP contribution in [-0.4, -0.2) is 14.5 Å². The number of ether oxygens (including phenoxy) is 1. The lowest BCUT2D eigenvalue weighted by atomic mass is 9.66. The summed E-state index contributed by atoms with van der Waals surface area (Å²) in [6.45, 7) is 0. The zero-order valence-electron chi connectivity index (χ0n) is 32.0. The number of hydrogen-bond acceptors (Lipinski definition) is 3. The monoisotopic (exact) mass is 753 g/mol. The molecular weight excluding hydrogens is 719 g/mol. The van der Waals surface area contributed by atoms with Crippen molar-refractivity contribution in [3.05, 3.63) is 235 Å². The number of rotatable bonds is 5. The smallest absolute Gasteiger partial charge is 0.146 e. The molecule has 0 unspecified atom stereocenters. The fourth-order valence-corrected chi connectivity index (χ4v) is 9.48. The van der Waals surface area contributed by atoms with E-state index in [4.69, 9.17) is 14.7 Å². The van der Waals surface area contributed by atoms with Gasteiger partial charge in [-0.15, -0.1) is 0 Å². The van der Waals surface area contributed by atoms with E-state index in [-0.39, 0.29) is 0 Å². The normalized spacial score (nSPS) is 13.0. The molecule has 8 aromatic carbocycles. The van der Waals surface area contributed by atoms with Crippen LogP contribution in [0.25, 0.3) is 72.9 Å². The van der Waals surface area contributed by atoms with E-state index in [1.807, 2.05) is 12.1 Å². The quantitative estimate of drug-likeness (QED) is 0.176. The Morgan fingerprint density at radius 2 is 0.932 bits per heavy atom. The van der Waals surface area contributed by atoms with Crippen molar-refractivity contribution in [3.8, 4) is 73.3 Å². The first kappa shape index (κ1) is 33.3. The summed E-state index contributed by atoms with van der Waals surface area (Å²) >= 11 is 0. The van der Waals surface area contributed by atoms with Gasteiger partial charge in [-0.1, -0.05) is 170 Å². The number of hydrogen-bond donors (Lipinski definition) is 0. The summed E-state index contributed by atoms with van der Waals surface area (Å²) in [4.78, 5) is 10.6. The molecule has 59 heavy (non-hydrogen) atoms. The van der Waals surface area contributed by atoms with Crippen LogP contribution in [0, 0.1) is 0 Å². The minimum Gasteiger partial charge on any atom is -0.457 e. The third-order valence-corrected chi connectivity index (χ3v) is 12.1. The summed E-state index contributed by atoms with van der Waals surface area (Å²) in [5, 5.41) is 0. The molecule has 4 nitrogen and oxygen atoms in total. The average molecular weight is 754 g/mol. The van der Waals surface area contributed by atoms with Crippen LogP contribution in [-0.2, 0) is 5.41 Å². The van der Waals surface area contributed by atoms with Crippen LogP contribution in [0.3, 0.4) is 0 Å². The number of pyridine rings is 1. The van der Waals surface area contributed by atoms with E-state index < -0.39 is 5.41 Å². The zero-order valence-corrected chi connectivity index (χ0v) is 32.0. The SMILES string of the molecule is c1ccc(-c2cc(-c3ccccc3)nc(-n3c(-c4ccc(-c5ccc6c(c5)C5(c7ccccc7Oc7ccccc75)c5ccccc5-6)cc4)nc4ccccc43)c2)cc1. The number of para-hydroxylation sites is 4. The van der Waals surface area contributed by atoms with Crippen LogP contribution in [0.15, 0.2) is 212 Å². The maximum Gasteiger partial charge on any atom is 0.146 e. The van der Waals surface area contributed by atoms with E-state index in [1.54, 1.807) is 0 Å². The van der Waals surface area contributed by atoms with Crippen molar-refractivity contribution >= 4 is 11.0 Å². The van der Waals surface area contributed by atoms with Gasteiger partial charge in [0.2, 0.25) is 0 Å². The minimum atomic E-state index is -0.516. The average Bonchev–Trinajstić information content (AvgIpc) is 3.84. The van der Waals surface area contributed by atoms with E-state index in [0.29, 0.717) is 0 Å². The lowest BCUT2D eigenvalue weighted by Gasteiger charge is -2.39. The first-order chi connectivity index (χ1) is 29.2. The first-order valence-electron chi connectivity index (χ1n) is 20.1. The summed E-state index contributed by atoms with van der Waals surface area (Å²) < 4.78 is 8.78. The van der Waals surface area contributed by atoms with Crippen molar-refractivity contribution in [1.82, 2.24) is 14.5 Å². The molecule has 2 aliphatic rings. The fourth-order valence-electron chi connectivity index (χ4n) is 9.48. The summed E-state index contributed by atoms with van der Waals surface area (Å²) in [5.74, 6) is 3.45.